The Morgan fingerprint density at radius 3 is 2.56 bits per heavy atom. The Balaban J connectivity index is 2.04. The van der Waals surface area contributed by atoms with E-state index in [1.165, 1.54) is 12.3 Å². The fourth-order valence-corrected chi connectivity index (χ4v) is 3.33. The highest BCUT2D eigenvalue weighted by molar-refractivity contribution is 6.30. The van der Waals surface area contributed by atoms with Crippen molar-refractivity contribution >= 4 is 35.1 Å². The highest BCUT2D eigenvalue weighted by Crippen LogP contribution is 2.22. The van der Waals surface area contributed by atoms with Crippen LogP contribution >= 0.6 is 11.6 Å². The van der Waals surface area contributed by atoms with Crippen LogP contribution in [-0.2, 0) is 9.59 Å². The summed E-state index contributed by atoms with van der Waals surface area (Å²) in [7, 11) is 1.65. The number of ether oxygens (including phenoxy) is 1. The number of hydrogen-bond acceptors (Lipinski definition) is 7. The molecular formula is C25H33ClN6O4. The van der Waals surface area contributed by atoms with Gasteiger partial charge in [-0.05, 0) is 44.4 Å². The van der Waals surface area contributed by atoms with E-state index in [2.05, 4.69) is 31.2 Å². The van der Waals surface area contributed by atoms with Crippen LogP contribution in [0.25, 0.3) is 0 Å². The van der Waals surface area contributed by atoms with Gasteiger partial charge in [0, 0.05) is 37.6 Å². The van der Waals surface area contributed by atoms with E-state index in [4.69, 9.17) is 16.3 Å². The summed E-state index contributed by atoms with van der Waals surface area (Å²) in [4.78, 5) is 46.8. The standard InChI is InChI=1S/C25H33ClN6O4/c1-7-36-24-18(11-17(26)13-28-24)22(34)29-14-25(4,5)12-20(33)32-21(16(3)27-6)23(35)31-19-10-8-9-15(2)30-19/h8-11,13,27H,7,12,14H2,1-6H3,(H,29,34)(H,32,33)(H,30,31,35)/b21-16+. The van der Waals surface area contributed by atoms with Crippen molar-refractivity contribution < 1.29 is 19.1 Å². The van der Waals surface area contributed by atoms with Gasteiger partial charge in [0.25, 0.3) is 11.8 Å². The summed E-state index contributed by atoms with van der Waals surface area (Å²) in [6, 6.07) is 6.73. The van der Waals surface area contributed by atoms with Crippen LogP contribution < -0.4 is 26.0 Å². The van der Waals surface area contributed by atoms with Crippen molar-refractivity contribution in [3.05, 3.63) is 58.1 Å². The van der Waals surface area contributed by atoms with Gasteiger partial charge in [-0.25, -0.2) is 9.97 Å². The summed E-state index contributed by atoms with van der Waals surface area (Å²) in [6.45, 7) is 9.47. The first-order chi connectivity index (χ1) is 17.0. The van der Waals surface area contributed by atoms with Gasteiger partial charge < -0.3 is 26.0 Å². The fourth-order valence-electron chi connectivity index (χ4n) is 3.17. The molecule has 11 heteroatoms. The third-order valence-electron chi connectivity index (χ3n) is 5.08. The van der Waals surface area contributed by atoms with E-state index >= 15 is 0 Å². The maximum atomic E-state index is 12.9. The predicted molar refractivity (Wildman–Crippen MR) is 139 cm³/mol. The number of aromatic nitrogens is 2. The summed E-state index contributed by atoms with van der Waals surface area (Å²) in [5.74, 6) is -0.748. The molecule has 0 aromatic carbocycles. The van der Waals surface area contributed by atoms with Gasteiger partial charge >= 0.3 is 0 Å². The first-order valence-electron chi connectivity index (χ1n) is 11.5. The second kappa shape index (κ2) is 12.9. The van der Waals surface area contributed by atoms with Crippen LogP contribution in [-0.4, -0.2) is 47.9 Å². The van der Waals surface area contributed by atoms with Gasteiger partial charge in [-0.3, -0.25) is 14.4 Å². The lowest BCUT2D eigenvalue weighted by Gasteiger charge is -2.25. The van der Waals surface area contributed by atoms with E-state index in [-0.39, 0.29) is 36.0 Å². The number of aryl methyl sites for hydroxylation is 1. The Bertz CT molecular complexity index is 1150. The number of hydrogen-bond donors (Lipinski definition) is 4. The topological polar surface area (TPSA) is 134 Å². The van der Waals surface area contributed by atoms with E-state index in [9.17, 15) is 14.4 Å². The summed E-state index contributed by atoms with van der Waals surface area (Å²) in [5.41, 5.74) is 0.887. The maximum absolute atomic E-state index is 12.9. The third-order valence-corrected chi connectivity index (χ3v) is 5.29. The van der Waals surface area contributed by atoms with Crippen LogP contribution in [0.3, 0.4) is 0 Å². The lowest BCUT2D eigenvalue weighted by molar-refractivity contribution is -0.124. The van der Waals surface area contributed by atoms with Crippen LogP contribution in [0.5, 0.6) is 5.88 Å². The lowest BCUT2D eigenvalue weighted by Crippen LogP contribution is -2.40. The van der Waals surface area contributed by atoms with Crippen molar-refractivity contribution in [2.75, 3.05) is 25.5 Å². The smallest absolute Gasteiger partial charge is 0.275 e. The number of amides is 3. The molecule has 0 spiro atoms. The van der Waals surface area contributed by atoms with Crippen LogP contribution in [0.2, 0.25) is 5.02 Å². The van der Waals surface area contributed by atoms with Gasteiger partial charge in [-0.1, -0.05) is 31.5 Å². The fraction of sp³-hybridized carbons (Fsp3) is 0.400. The molecule has 0 fully saturated rings. The van der Waals surface area contributed by atoms with Gasteiger partial charge in [-0.2, -0.15) is 0 Å². The minimum Gasteiger partial charge on any atom is -0.477 e. The first-order valence-corrected chi connectivity index (χ1v) is 11.8. The van der Waals surface area contributed by atoms with Gasteiger partial charge in [0.05, 0.1) is 11.6 Å². The quantitative estimate of drug-likeness (QED) is 0.337. The lowest BCUT2D eigenvalue weighted by atomic mass is 9.88. The van der Waals surface area contributed by atoms with Crippen molar-refractivity contribution in [2.45, 2.75) is 41.0 Å². The Labute approximate surface area is 216 Å². The van der Waals surface area contributed by atoms with Crippen molar-refractivity contribution in [2.24, 2.45) is 5.41 Å². The number of carbonyl (C=O) groups is 3. The number of rotatable bonds is 11. The van der Waals surface area contributed by atoms with Crippen molar-refractivity contribution in [1.82, 2.24) is 25.9 Å². The monoisotopic (exact) mass is 516 g/mol. The molecule has 10 nitrogen and oxygen atoms in total. The molecule has 0 radical (unpaired) electrons. The molecular weight excluding hydrogens is 484 g/mol. The molecule has 4 N–H and O–H groups in total. The molecule has 0 unspecified atom stereocenters. The number of allylic oxidation sites excluding steroid dienone is 1. The summed E-state index contributed by atoms with van der Waals surface area (Å²) < 4.78 is 5.41. The number of pyridine rings is 2. The Morgan fingerprint density at radius 2 is 1.92 bits per heavy atom. The average molecular weight is 517 g/mol. The zero-order valence-electron chi connectivity index (χ0n) is 21.4. The van der Waals surface area contributed by atoms with E-state index in [0.29, 0.717) is 23.1 Å². The highest BCUT2D eigenvalue weighted by Gasteiger charge is 2.26. The van der Waals surface area contributed by atoms with Crippen LogP contribution in [0.4, 0.5) is 5.82 Å². The zero-order valence-corrected chi connectivity index (χ0v) is 22.2. The second-order valence-corrected chi connectivity index (χ2v) is 9.32. The molecule has 0 aliphatic heterocycles. The zero-order chi connectivity index (χ0) is 26.9. The minimum atomic E-state index is -0.634. The van der Waals surface area contributed by atoms with E-state index in [1.54, 1.807) is 33.0 Å². The van der Waals surface area contributed by atoms with Gasteiger partial charge in [0.15, 0.2) is 0 Å². The summed E-state index contributed by atoms with van der Waals surface area (Å²) in [6.07, 6.45) is 1.44. The number of halogens is 1. The Morgan fingerprint density at radius 1 is 1.19 bits per heavy atom. The van der Waals surface area contributed by atoms with Crippen molar-refractivity contribution in [3.63, 3.8) is 0 Å². The van der Waals surface area contributed by atoms with Gasteiger partial charge in [0.1, 0.15) is 17.1 Å². The van der Waals surface area contributed by atoms with Crippen molar-refractivity contribution in [3.8, 4) is 5.88 Å². The number of nitrogens with zero attached hydrogens (tertiary/aromatic N) is 2. The molecule has 3 amide bonds. The third kappa shape index (κ3) is 8.53. The average Bonchev–Trinajstić information content (AvgIpc) is 2.81. The molecule has 2 heterocycles. The van der Waals surface area contributed by atoms with Crippen LogP contribution in [0.1, 0.15) is 50.2 Å². The molecule has 2 aromatic heterocycles. The molecule has 2 rings (SSSR count). The predicted octanol–water partition coefficient (Wildman–Crippen LogP) is 3.19. The van der Waals surface area contributed by atoms with Gasteiger partial charge in [-0.15, -0.1) is 0 Å². The molecule has 36 heavy (non-hydrogen) atoms. The molecule has 2 aromatic rings. The Kier molecular flexibility index (Phi) is 10.2. The molecule has 0 aliphatic carbocycles. The largest absolute Gasteiger partial charge is 0.477 e. The number of anilines is 1. The Hall–Kier alpha value is -3.66. The normalized spacial score (nSPS) is 11.8. The number of carbonyl (C=O) groups excluding carboxylic acids is 3. The molecule has 0 saturated carbocycles. The molecule has 0 aliphatic rings. The minimum absolute atomic E-state index is 0.0376. The molecule has 0 saturated heterocycles. The number of nitrogens with one attached hydrogen (secondary N) is 4. The molecule has 0 bridgehead atoms. The summed E-state index contributed by atoms with van der Waals surface area (Å²) in [5, 5.41) is 11.4. The maximum Gasteiger partial charge on any atom is 0.275 e. The first kappa shape index (κ1) is 28.6. The van der Waals surface area contributed by atoms with E-state index in [1.807, 2.05) is 26.8 Å². The van der Waals surface area contributed by atoms with Crippen LogP contribution in [0, 0.1) is 12.3 Å². The SMILES string of the molecule is CCOc1ncc(Cl)cc1C(=O)NCC(C)(C)CC(=O)N/C(C(=O)Nc1cccc(C)n1)=C(\C)NC. The molecule has 194 valence electrons. The van der Waals surface area contributed by atoms with E-state index < -0.39 is 17.2 Å². The second-order valence-electron chi connectivity index (χ2n) is 8.88. The van der Waals surface area contributed by atoms with E-state index in [0.717, 1.165) is 5.69 Å². The van der Waals surface area contributed by atoms with Crippen LogP contribution in [0.15, 0.2) is 41.9 Å². The van der Waals surface area contributed by atoms with Crippen molar-refractivity contribution in [1.29, 1.82) is 0 Å². The summed E-state index contributed by atoms with van der Waals surface area (Å²) >= 11 is 5.99. The highest BCUT2D eigenvalue weighted by atomic mass is 35.5. The molecule has 0 atom stereocenters. The van der Waals surface area contributed by atoms with Gasteiger partial charge in [0.2, 0.25) is 11.8 Å².